The molecule has 0 aliphatic rings. The van der Waals surface area contributed by atoms with Crippen LogP contribution in [0.4, 0.5) is 11.5 Å². The van der Waals surface area contributed by atoms with Crippen molar-refractivity contribution in [1.29, 1.82) is 0 Å². The van der Waals surface area contributed by atoms with E-state index in [9.17, 15) is 4.79 Å². The molecule has 0 aliphatic heterocycles. The molecule has 5 heteroatoms. The number of anilines is 2. The molecule has 0 radical (unpaired) electrons. The molecule has 1 aromatic heterocycles. The van der Waals surface area contributed by atoms with Gasteiger partial charge in [0.25, 0.3) is 5.91 Å². The number of rotatable bonds is 4. The highest BCUT2D eigenvalue weighted by Crippen LogP contribution is 2.23. The lowest BCUT2D eigenvalue weighted by molar-refractivity contribution is 0.102. The van der Waals surface area contributed by atoms with E-state index < -0.39 is 0 Å². The van der Waals surface area contributed by atoms with Crippen LogP contribution in [0.3, 0.4) is 0 Å². The lowest BCUT2D eigenvalue weighted by Crippen LogP contribution is -2.14. The van der Waals surface area contributed by atoms with Gasteiger partial charge in [0.05, 0.1) is 10.6 Å². The van der Waals surface area contributed by atoms with Gasteiger partial charge in [-0.2, -0.15) is 0 Å². The van der Waals surface area contributed by atoms with Crippen LogP contribution in [0.1, 0.15) is 28.4 Å². The number of carbonyl (C=O) groups excluding carboxylic acids is 1. The molecule has 1 amide bonds. The van der Waals surface area contributed by atoms with Crippen LogP contribution in [0.5, 0.6) is 0 Å². The van der Waals surface area contributed by atoms with E-state index in [0.29, 0.717) is 16.4 Å². The summed E-state index contributed by atoms with van der Waals surface area (Å²) >= 11 is 6.11. The van der Waals surface area contributed by atoms with Crippen molar-refractivity contribution >= 4 is 29.0 Å². The first-order valence-electron chi connectivity index (χ1n) is 6.80. The van der Waals surface area contributed by atoms with Crippen molar-refractivity contribution in [3.05, 3.63) is 52.2 Å². The molecule has 110 valence electrons. The predicted octanol–water partition coefficient (Wildman–Crippen LogP) is 4.04. The van der Waals surface area contributed by atoms with Crippen LogP contribution in [-0.2, 0) is 0 Å². The predicted molar refractivity (Wildman–Crippen MR) is 87.3 cm³/mol. The van der Waals surface area contributed by atoms with Gasteiger partial charge in [-0.15, -0.1) is 0 Å². The van der Waals surface area contributed by atoms with Gasteiger partial charge < -0.3 is 10.6 Å². The quantitative estimate of drug-likeness (QED) is 0.896. The molecular formula is C16H18ClN3O. The lowest BCUT2D eigenvalue weighted by atomic mass is 10.1. The van der Waals surface area contributed by atoms with E-state index in [1.54, 1.807) is 6.07 Å². The maximum absolute atomic E-state index is 12.3. The number of pyridine rings is 1. The second-order valence-corrected chi connectivity index (χ2v) is 5.21. The third kappa shape index (κ3) is 3.52. The number of nitrogens with zero attached hydrogens (tertiary/aromatic N) is 1. The molecule has 1 aromatic carbocycles. The van der Waals surface area contributed by atoms with Crippen LogP contribution in [0.25, 0.3) is 0 Å². The highest BCUT2D eigenvalue weighted by atomic mass is 35.5. The van der Waals surface area contributed by atoms with Crippen LogP contribution in [0, 0.1) is 13.8 Å². The minimum atomic E-state index is -0.218. The Morgan fingerprint density at radius 2 is 1.95 bits per heavy atom. The Labute approximate surface area is 129 Å². The van der Waals surface area contributed by atoms with E-state index in [-0.39, 0.29) is 5.91 Å². The van der Waals surface area contributed by atoms with Crippen molar-refractivity contribution in [1.82, 2.24) is 4.98 Å². The topological polar surface area (TPSA) is 54.0 Å². The van der Waals surface area contributed by atoms with Crippen molar-refractivity contribution in [2.75, 3.05) is 17.2 Å². The maximum Gasteiger partial charge on any atom is 0.257 e. The van der Waals surface area contributed by atoms with Gasteiger partial charge in [-0.3, -0.25) is 4.79 Å². The molecule has 0 aliphatic carbocycles. The minimum Gasteiger partial charge on any atom is -0.369 e. The summed E-state index contributed by atoms with van der Waals surface area (Å²) in [5.41, 5.74) is 3.30. The smallest absolute Gasteiger partial charge is 0.257 e. The van der Waals surface area contributed by atoms with Crippen molar-refractivity contribution in [3.63, 3.8) is 0 Å². The molecule has 0 spiro atoms. The number of halogens is 1. The fraction of sp³-hybridized carbons (Fsp3) is 0.250. The average molecular weight is 304 g/mol. The highest BCUT2D eigenvalue weighted by molar-refractivity contribution is 6.33. The Morgan fingerprint density at radius 3 is 2.52 bits per heavy atom. The van der Waals surface area contributed by atoms with Crippen molar-refractivity contribution in [3.8, 4) is 0 Å². The first-order chi connectivity index (χ1) is 10.0. The summed E-state index contributed by atoms with van der Waals surface area (Å²) in [6.07, 6.45) is 1.52. The molecule has 0 atom stereocenters. The number of hydrogen-bond donors (Lipinski definition) is 2. The Hall–Kier alpha value is -2.07. The molecule has 0 bridgehead atoms. The van der Waals surface area contributed by atoms with Crippen LogP contribution < -0.4 is 10.6 Å². The van der Waals surface area contributed by atoms with Crippen LogP contribution >= 0.6 is 11.6 Å². The Balaban J connectivity index is 2.23. The Morgan fingerprint density at radius 1 is 1.29 bits per heavy atom. The van der Waals surface area contributed by atoms with E-state index in [0.717, 1.165) is 23.4 Å². The minimum absolute atomic E-state index is 0.218. The van der Waals surface area contributed by atoms with E-state index in [1.165, 1.54) is 6.20 Å². The standard InChI is InChI=1S/C16H18ClN3O/c1-4-18-15-13(17)8-12(9-19-15)16(21)20-14-10(2)6-5-7-11(14)3/h5-9H,4H2,1-3H3,(H,18,19)(H,20,21). The van der Waals surface area contributed by atoms with Gasteiger partial charge in [0.1, 0.15) is 5.82 Å². The van der Waals surface area contributed by atoms with Gasteiger partial charge in [-0.1, -0.05) is 29.8 Å². The summed E-state index contributed by atoms with van der Waals surface area (Å²) in [4.78, 5) is 16.5. The molecule has 2 N–H and O–H groups in total. The van der Waals surface area contributed by atoms with Gasteiger partial charge in [-0.25, -0.2) is 4.98 Å². The number of aromatic nitrogens is 1. The lowest BCUT2D eigenvalue weighted by Gasteiger charge is -2.12. The number of benzene rings is 1. The average Bonchev–Trinajstić information content (AvgIpc) is 2.45. The van der Waals surface area contributed by atoms with E-state index in [2.05, 4.69) is 15.6 Å². The van der Waals surface area contributed by atoms with Gasteiger partial charge >= 0.3 is 0 Å². The molecule has 4 nitrogen and oxygen atoms in total. The summed E-state index contributed by atoms with van der Waals surface area (Å²) in [6.45, 7) is 6.60. The van der Waals surface area contributed by atoms with Crippen LogP contribution in [0.15, 0.2) is 30.5 Å². The monoisotopic (exact) mass is 303 g/mol. The zero-order chi connectivity index (χ0) is 15.4. The zero-order valence-corrected chi connectivity index (χ0v) is 13.1. The zero-order valence-electron chi connectivity index (χ0n) is 12.3. The Bertz CT molecular complexity index is 650. The molecule has 21 heavy (non-hydrogen) atoms. The first-order valence-corrected chi connectivity index (χ1v) is 7.17. The summed E-state index contributed by atoms with van der Waals surface area (Å²) in [5.74, 6) is 0.368. The number of para-hydroxylation sites is 1. The second-order valence-electron chi connectivity index (χ2n) is 4.81. The largest absolute Gasteiger partial charge is 0.369 e. The maximum atomic E-state index is 12.3. The summed E-state index contributed by atoms with van der Waals surface area (Å²) in [7, 11) is 0. The highest BCUT2D eigenvalue weighted by Gasteiger charge is 2.12. The molecule has 0 saturated carbocycles. The van der Waals surface area contributed by atoms with Crippen LogP contribution in [0.2, 0.25) is 5.02 Å². The van der Waals surface area contributed by atoms with Crippen LogP contribution in [-0.4, -0.2) is 17.4 Å². The molecule has 0 fully saturated rings. The number of hydrogen-bond acceptors (Lipinski definition) is 3. The molecule has 1 heterocycles. The molecule has 2 aromatic rings. The SMILES string of the molecule is CCNc1ncc(C(=O)Nc2c(C)cccc2C)cc1Cl. The van der Waals surface area contributed by atoms with E-state index in [4.69, 9.17) is 11.6 Å². The summed E-state index contributed by atoms with van der Waals surface area (Å²) in [5, 5.41) is 6.39. The number of aryl methyl sites for hydroxylation is 2. The third-order valence-corrected chi connectivity index (χ3v) is 3.46. The normalized spacial score (nSPS) is 10.3. The van der Waals surface area contributed by atoms with Crippen molar-refractivity contribution in [2.45, 2.75) is 20.8 Å². The van der Waals surface area contributed by atoms with Crippen molar-refractivity contribution < 1.29 is 4.79 Å². The first kappa shape index (κ1) is 15.3. The van der Waals surface area contributed by atoms with Gasteiger partial charge in [-0.05, 0) is 38.0 Å². The molecule has 0 unspecified atom stereocenters. The molecule has 2 rings (SSSR count). The number of carbonyl (C=O) groups is 1. The van der Waals surface area contributed by atoms with Gasteiger partial charge in [0, 0.05) is 18.4 Å². The van der Waals surface area contributed by atoms with E-state index >= 15 is 0 Å². The van der Waals surface area contributed by atoms with Crippen molar-refractivity contribution in [2.24, 2.45) is 0 Å². The summed E-state index contributed by atoms with van der Waals surface area (Å²) in [6, 6.07) is 7.50. The fourth-order valence-corrected chi connectivity index (χ4v) is 2.29. The second kappa shape index (κ2) is 6.59. The fourth-order valence-electron chi connectivity index (χ4n) is 2.06. The Kier molecular flexibility index (Phi) is 4.81. The summed E-state index contributed by atoms with van der Waals surface area (Å²) < 4.78 is 0. The van der Waals surface area contributed by atoms with E-state index in [1.807, 2.05) is 39.0 Å². The molecular weight excluding hydrogens is 286 g/mol. The third-order valence-electron chi connectivity index (χ3n) is 3.17. The number of amides is 1. The van der Waals surface area contributed by atoms with Gasteiger partial charge in [0.2, 0.25) is 0 Å². The van der Waals surface area contributed by atoms with Gasteiger partial charge in [0.15, 0.2) is 0 Å². The molecule has 0 saturated heterocycles. The number of nitrogens with one attached hydrogen (secondary N) is 2.